The van der Waals surface area contributed by atoms with E-state index in [0.29, 0.717) is 0 Å². The van der Waals surface area contributed by atoms with Crippen LogP contribution in [0.5, 0.6) is 5.75 Å². The first-order chi connectivity index (χ1) is 7.28. The number of nitro benzene ring substituents is 1. The largest absolute Gasteiger partial charge is 0.491 e. The number of nitro groups is 1. The Balaban J connectivity index is 2.85. The molecule has 1 aromatic rings. The third kappa shape index (κ3) is 3.82. The van der Waals surface area contributed by atoms with Crippen molar-refractivity contribution in [2.24, 2.45) is 5.73 Å². The van der Waals surface area contributed by atoms with Crippen LogP contribution in [0.15, 0.2) is 18.2 Å². The van der Waals surface area contributed by atoms with E-state index in [2.05, 4.69) is 0 Å². The van der Waals surface area contributed by atoms with Gasteiger partial charge < -0.3 is 10.5 Å². The first-order valence-corrected chi connectivity index (χ1v) is 4.64. The van der Waals surface area contributed by atoms with Gasteiger partial charge >= 0.3 is 0 Å². The Morgan fingerprint density at radius 1 is 1.50 bits per heavy atom. The van der Waals surface area contributed by atoms with Crippen LogP contribution in [-0.2, 0) is 0 Å². The van der Waals surface area contributed by atoms with Crippen molar-refractivity contribution < 1.29 is 14.1 Å². The topological polar surface area (TPSA) is 78.4 Å². The van der Waals surface area contributed by atoms with E-state index in [1.165, 1.54) is 0 Å². The third-order valence-electron chi connectivity index (χ3n) is 1.68. The van der Waals surface area contributed by atoms with E-state index in [1.54, 1.807) is 13.8 Å². The quantitative estimate of drug-likeness (QED) is 0.630. The highest BCUT2D eigenvalue weighted by Crippen LogP contribution is 2.22. The lowest BCUT2D eigenvalue weighted by atomic mass is 10.1. The molecule has 16 heavy (non-hydrogen) atoms. The first kappa shape index (κ1) is 12.4. The summed E-state index contributed by atoms with van der Waals surface area (Å²) in [4.78, 5) is 9.79. The highest BCUT2D eigenvalue weighted by Gasteiger charge is 2.14. The summed E-state index contributed by atoms with van der Waals surface area (Å²) < 4.78 is 18.2. The van der Waals surface area contributed by atoms with Crippen LogP contribution in [0.1, 0.15) is 13.8 Å². The van der Waals surface area contributed by atoms with Gasteiger partial charge in [-0.1, -0.05) is 0 Å². The van der Waals surface area contributed by atoms with Crippen LogP contribution in [-0.4, -0.2) is 17.1 Å². The van der Waals surface area contributed by atoms with Gasteiger partial charge in [0.2, 0.25) is 0 Å². The fourth-order valence-electron chi connectivity index (χ4n) is 1.01. The van der Waals surface area contributed by atoms with Gasteiger partial charge in [-0.3, -0.25) is 10.1 Å². The second kappa shape index (κ2) is 4.44. The van der Waals surface area contributed by atoms with Crippen LogP contribution >= 0.6 is 0 Å². The van der Waals surface area contributed by atoms with Crippen molar-refractivity contribution in [2.75, 3.05) is 6.61 Å². The zero-order valence-corrected chi connectivity index (χ0v) is 9.07. The lowest BCUT2D eigenvalue weighted by molar-refractivity contribution is -0.385. The highest BCUT2D eigenvalue weighted by atomic mass is 19.1. The van der Waals surface area contributed by atoms with E-state index in [9.17, 15) is 14.5 Å². The maximum atomic E-state index is 13.0. The number of benzene rings is 1. The van der Waals surface area contributed by atoms with Gasteiger partial charge in [-0.25, -0.2) is 4.39 Å². The van der Waals surface area contributed by atoms with Crippen LogP contribution in [0.2, 0.25) is 0 Å². The average Bonchev–Trinajstić information content (AvgIpc) is 2.13. The lowest BCUT2D eigenvalue weighted by Gasteiger charge is -2.18. The van der Waals surface area contributed by atoms with E-state index < -0.39 is 16.3 Å². The summed E-state index contributed by atoms with van der Waals surface area (Å²) in [6.07, 6.45) is 0. The maximum absolute atomic E-state index is 13.0. The highest BCUT2D eigenvalue weighted by molar-refractivity contribution is 5.38. The lowest BCUT2D eigenvalue weighted by Crippen LogP contribution is -2.38. The minimum Gasteiger partial charge on any atom is -0.491 e. The molecule has 0 heterocycles. The second-order valence-electron chi connectivity index (χ2n) is 4.18. The molecule has 2 N–H and O–H groups in total. The molecular weight excluding hydrogens is 215 g/mol. The molecule has 0 saturated heterocycles. The van der Waals surface area contributed by atoms with Crippen molar-refractivity contribution in [3.8, 4) is 5.75 Å². The van der Waals surface area contributed by atoms with Gasteiger partial charge in [-0.15, -0.1) is 0 Å². The van der Waals surface area contributed by atoms with Crippen LogP contribution in [0, 0.1) is 15.9 Å². The zero-order chi connectivity index (χ0) is 12.3. The zero-order valence-electron chi connectivity index (χ0n) is 9.07. The van der Waals surface area contributed by atoms with Crippen molar-refractivity contribution >= 4 is 5.69 Å². The number of halogens is 1. The molecule has 0 aliphatic rings. The van der Waals surface area contributed by atoms with E-state index in [4.69, 9.17) is 10.5 Å². The molecule has 1 aromatic carbocycles. The standard InChI is InChI=1S/C10H13FN2O3/c1-10(2,12)6-16-9-4-7(11)3-8(5-9)13(14)15/h3-5H,6,12H2,1-2H3. The summed E-state index contributed by atoms with van der Waals surface area (Å²) in [5.41, 5.74) is 4.74. The summed E-state index contributed by atoms with van der Waals surface area (Å²) in [5.74, 6) is -0.607. The Hall–Kier alpha value is -1.69. The number of hydrogen-bond acceptors (Lipinski definition) is 4. The van der Waals surface area contributed by atoms with Crippen LogP contribution in [0.3, 0.4) is 0 Å². The summed E-state index contributed by atoms with van der Waals surface area (Å²) in [7, 11) is 0. The summed E-state index contributed by atoms with van der Waals surface area (Å²) in [6, 6.07) is 3.08. The molecule has 0 radical (unpaired) electrons. The van der Waals surface area contributed by atoms with Gasteiger partial charge in [0.05, 0.1) is 17.1 Å². The summed E-state index contributed by atoms with van der Waals surface area (Å²) in [5, 5.41) is 10.5. The van der Waals surface area contributed by atoms with Crippen molar-refractivity contribution in [1.82, 2.24) is 0 Å². The van der Waals surface area contributed by atoms with E-state index in [0.717, 1.165) is 18.2 Å². The molecule has 0 fully saturated rings. The normalized spacial score (nSPS) is 11.2. The van der Waals surface area contributed by atoms with Gasteiger partial charge in [0.1, 0.15) is 18.2 Å². The number of rotatable bonds is 4. The molecule has 0 aliphatic heterocycles. The first-order valence-electron chi connectivity index (χ1n) is 4.64. The molecule has 0 saturated carbocycles. The second-order valence-corrected chi connectivity index (χ2v) is 4.18. The smallest absolute Gasteiger partial charge is 0.276 e. The van der Waals surface area contributed by atoms with Gasteiger partial charge in [0, 0.05) is 11.6 Å². The van der Waals surface area contributed by atoms with Crippen molar-refractivity contribution in [2.45, 2.75) is 19.4 Å². The number of hydrogen-bond donors (Lipinski definition) is 1. The van der Waals surface area contributed by atoms with Gasteiger partial charge in [-0.2, -0.15) is 0 Å². The fourth-order valence-corrected chi connectivity index (χ4v) is 1.01. The molecule has 0 aromatic heterocycles. The Morgan fingerprint density at radius 3 is 2.62 bits per heavy atom. The maximum Gasteiger partial charge on any atom is 0.276 e. The molecule has 0 bridgehead atoms. The SMILES string of the molecule is CC(C)(N)COc1cc(F)cc([N+](=O)[O-])c1. The van der Waals surface area contributed by atoms with Crippen molar-refractivity contribution in [3.05, 3.63) is 34.1 Å². The molecule has 0 atom stereocenters. The molecule has 5 nitrogen and oxygen atoms in total. The van der Waals surface area contributed by atoms with E-state index in [1.807, 2.05) is 0 Å². The predicted octanol–water partition coefficient (Wildman–Crippen LogP) is 1.85. The number of non-ortho nitro benzene ring substituents is 1. The third-order valence-corrected chi connectivity index (χ3v) is 1.68. The molecule has 6 heteroatoms. The minimum atomic E-state index is -0.709. The predicted molar refractivity (Wildman–Crippen MR) is 56.8 cm³/mol. The fraction of sp³-hybridized carbons (Fsp3) is 0.400. The Kier molecular flexibility index (Phi) is 3.44. The molecular formula is C10H13FN2O3. The average molecular weight is 228 g/mol. The molecule has 88 valence electrons. The molecule has 0 spiro atoms. The molecule has 0 unspecified atom stereocenters. The summed E-state index contributed by atoms with van der Waals surface area (Å²) in [6.45, 7) is 3.62. The summed E-state index contributed by atoms with van der Waals surface area (Å²) >= 11 is 0. The van der Waals surface area contributed by atoms with Crippen LogP contribution in [0.4, 0.5) is 10.1 Å². The van der Waals surface area contributed by atoms with Crippen molar-refractivity contribution in [3.63, 3.8) is 0 Å². The van der Waals surface area contributed by atoms with Crippen molar-refractivity contribution in [1.29, 1.82) is 0 Å². The van der Waals surface area contributed by atoms with Gasteiger partial charge in [-0.05, 0) is 13.8 Å². The monoisotopic (exact) mass is 228 g/mol. The van der Waals surface area contributed by atoms with E-state index >= 15 is 0 Å². The molecule has 0 amide bonds. The molecule has 0 aliphatic carbocycles. The number of nitrogens with zero attached hydrogens (tertiary/aromatic N) is 1. The Morgan fingerprint density at radius 2 is 2.12 bits per heavy atom. The number of nitrogens with two attached hydrogens (primary N) is 1. The molecule has 1 rings (SSSR count). The Labute approximate surface area is 92.2 Å². The Bertz CT molecular complexity index is 402. The van der Waals surface area contributed by atoms with E-state index in [-0.39, 0.29) is 18.0 Å². The van der Waals surface area contributed by atoms with Gasteiger partial charge in [0.25, 0.3) is 5.69 Å². The van der Waals surface area contributed by atoms with Gasteiger partial charge in [0.15, 0.2) is 0 Å². The number of ether oxygens (including phenoxy) is 1. The minimum absolute atomic E-state index is 0.102. The van der Waals surface area contributed by atoms with Crippen LogP contribution in [0.25, 0.3) is 0 Å². The van der Waals surface area contributed by atoms with Crippen LogP contribution < -0.4 is 10.5 Å².